The SMILES string of the molecule is CC(=O)CC(C(C)C)C(C)(C)C. The standard InChI is InChI=1S/C11H22O/c1-8(2)10(7-9(3)12)11(4,5)6/h8,10H,7H2,1-6H3. The third-order valence-corrected chi connectivity index (χ3v) is 2.42. The van der Waals surface area contributed by atoms with E-state index in [2.05, 4.69) is 34.6 Å². The summed E-state index contributed by atoms with van der Waals surface area (Å²) < 4.78 is 0. The predicted molar refractivity (Wildman–Crippen MR) is 53.1 cm³/mol. The maximum Gasteiger partial charge on any atom is 0.130 e. The smallest absolute Gasteiger partial charge is 0.130 e. The minimum absolute atomic E-state index is 0.250. The number of Topliss-reactive ketones (excluding diaryl/α,β-unsaturated/α-hetero) is 1. The molecule has 0 aliphatic carbocycles. The van der Waals surface area contributed by atoms with E-state index < -0.39 is 0 Å². The molecule has 0 aromatic carbocycles. The van der Waals surface area contributed by atoms with E-state index in [4.69, 9.17) is 0 Å². The molecule has 0 radical (unpaired) electrons. The molecule has 0 aliphatic rings. The van der Waals surface area contributed by atoms with Gasteiger partial charge in [0.15, 0.2) is 0 Å². The van der Waals surface area contributed by atoms with Gasteiger partial charge in [0.05, 0.1) is 0 Å². The van der Waals surface area contributed by atoms with E-state index in [-0.39, 0.29) is 5.41 Å². The van der Waals surface area contributed by atoms with Crippen molar-refractivity contribution in [2.75, 3.05) is 0 Å². The first-order valence-corrected chi connectivity index (χ1v) is 4.74. The van der Waals surface area contributed by atoms with Crippen LogP contribution in [0.3, 0.4) is 0 Å². The third-order valence-electron chi connectivity index (χ3n) is 2.42. The van der Waals surface area contributed by atoms with Crippen molar-refractivity contribution in [2.24, 2.45) is 17.3 Å². The lowest BCUT2D eigenvalue weighted by Gasteiger charge is -2.33. The van der Waals surface area contributed by atoms with Crippen molar-refractivity contribution in [1.82, 2.24) is 0 Å². The first kappa shape index (κ1) is 11.7. The van der Waals surface area contributed by atoms with Gasteiger partial charge in [0.25, 0.3) is 0 Å². The average molecular weight is 170 g/mol. The van der Waals surface area contributed by atoms with Crippen molar-refractivity contribution in [3.8, 4) is 0 Å². The summed E-state index contributed by atoms with van der Waals surface area (Å²) in [6.07, 6.45) is 0.723. The van der Waals surface area contributed by atoms with Crippen LogP contribution >= 0.6 is 0 Å². The summed E-state index contributed by atoms with van der Waals surface area (Å²) in [5, 5.41) is 0. The lowest BCUT2D eigenvalue weighted by molar-refractivity contribution is -0.119. The molecule has 0 N–H and O–H groups in total. The Morgan fingerprint density at radius 2 is 1.67 bits per heavy atom. The molecule has 1 nitrogen and oxygen atoms in total. The Kier molecular flexibility index (Phi) is 3.95. The molecule has 1 atom stereocenters. The van der Waals surface area contributed by atoms with Gasteiger partial charge in [0.1, 0.15) is 5.78 Å². The zero-order valence-electron chi connectivity index (χ0n) is 9.27. The van der Waals surface area contributed by atoms with Crippen molar-refractivity contribution in [1.29, 1.82) is 0 Å². The number of hydrogen-bond acceptors (Lipinski definition) is 1. The number of ketones is 1. The van der Waals surface area contributed by atoms with Crippen molar-refractivity contribution >= 4 is 5.78 Å². The third kappa shape index (κ3) is 3.89. The Bertz CT molecular complexity index is 151. The molecule has 0 saturated carbocycles. The van der Waals surface area contributed by atoms with Crippen LogP contribution in [0.5, 0.6) is 0 Å². The molecular formula is C11H22O. The second kappa shape index (κ2) is 4.06. The quantitative estimate of drug-likeness (QED) is 0.635. The first-order chi connectivity index (χ1) is 5.25. The summed E-state index contributed by atoms with van der Waals surface area (Å²) in [5.41, 5.74) is 0.250. The summed E-state index contributed by atoms with van der Waals surface area (Å²) in [4.78, 5) is 11.0. The molecule has 0 saturated heterocycles. The topological polar surface area (TPSA) is 17.1 Å². The van der Waals surface area contributed by atoms with Gasteiger partial charge in [-0.3, -0.25) is 0 Å². The van der Waals surface area contributed by atoms with Crippen molar-refractivity contribution in [2.45, 2.75) is 48.0 Å². The van der Waals surface area contributed by atoms with Crippen LogP contribution in [-0.4, -0.2) is 5.78 Å². The van der Waals surface area contributed by atoms with E-state index in [1.54, 1.807) is 6.92 Å². The first-order valence-electron chi connectivity index (χ1n) is 4.74. The number of carbonyl (C=O) groups is 1. The molecule has 0 amide bonds. The van der Waals surface area contributed by atoms with Crippen molar-refractivity contribution < 1.29 is 4.79 Å². The highest BCUT2D eigenvalue weighted by Gasteiger charge is 2.28. The van der Waals surface area contributed by atoms with Crippen LogP contribution in [0, 0.1) is 17.3 Å². The minimum Gasteiger partial charge on any atom is -0.300 e. The molecule has 0 rings (SSSR count). The minimum atomic E-state index is 0.250. The van der Waals surface area contributed by atoms with Gasteiger partial charge < -0.3 is 4.79 Å². The van der Waals surface area contributed by atoms with Gasteiger partial charge in [-0.25, -0.2) is 0 Å². The number of carbonyl (C=O) groups excluding carboxylic acids is 1. The van der Waals surface area contributed by atoms with E-state index in [0.717, 1.165) is 6.42 Å². The van der Waals surface area contributed by atoms with Gasteiger partial charge in [-0.2, -0.15) is 0 Å². The van der Waals surface area contributed by atoms with Gasteiger partial charge in [-0.1, -0.05) is 34.6 Å². The van der Waals surface area contributed by atoms with E-state index in [1.165, 1.54) is 0 Å². The second-order valence-corrected chi connectivity index (χ2v) is 5.12. The summed E-state index contributed by atoms with van der Waals surface area (Å²) in [6, 6.07) is 0. The van der Waals surface area contributed by atoms with Crippen LogP contribution in [-0.2, 0) is 4.79 Å². The monoisotopic (exact) mass is 170 g/mol. The van der Waals surface area contributed by atoms with Gasteiger partial charge in [0, 0.05) is 6.42 Å². The highest BCUT2D eigenvalue weighted by Crippen LogP contribution is 2.34. The Hall–Kier alpha value is -0.330. The maximum atomic E-state index is 11.0. The van der Waals surface area contributed by atoms with Gasteiger partial charge in [-0.15, -0.1) is 0 Å². The van der Waals surface area contributed by atoms with Crippen molar-refractivity contribution in [3.05, 3.63) is 0 Å². The Labute approximate surface area is 76.6 Å². The molecule has 0 bridgehead atoms. The van der Waals surface area contributed by atoms with Crippen LogP contribution in [0.4, 0.5) is 0 Å². The normalized spacial score (nSPS) is 14.9. The van der Waals surface area contributed by atoms with E-state index in [9.17, 15) is 4.79 Å². The fourth-order valence-electron chi connectivity index (χ4n) is 1.85. The lowest BCUT2D eigenvalue weighted by Crippen LogP contribution is -2.27. The molecule has 0 aromatic rings. The molecular weight excluding hydrogens is 148 g/mol. The Morgan fingerprint density at radius 1 is 1.25 bits per heavy atom. The average Bonchev–Trinajstić information content (AvgIpc) is 1.79. The number of rotatable bonds is 3. The van der Waals surface area contributed by atoms with E-state index >= 15 is 0 Å². The summed E-state index contributed by atoms with van der Waals surface area (Å²) in [5.74, 6) is 1.41. The van der Waals surface area contributed by atoms with E-state index in [1.807, 2.05) is 0 Å². The summed E-state index contributed by atoms with van der Waals surface area (Å²) in [6.45, 7) is 12.7. The van der Waals surface area contributed by atoms with Crippen molar-refractivity contribution in [3.63, 3.8) is 0 Å². The molecule has 0 aromatic heterocycles. The maximum absolute atomic E-state index is 11.0. The highest BCUT2D eigenvalue weighted by molar-refractivity contribution is 5.75. The fourth-order valence-corrected chi connectivity index (χ4v) is 1.85. The second-order valence-electron chi connectivity index (χ2n) is 5.12. The van der Waals surface area contributed by atoms with Gasteiger partial charge in [0.2, 0.25) is 0 Å². The Balaban J connectivity index is 4.35. The molecule has 72 valence electrons. The largest absolute Gasteiger partial charge is 0.300 e. The van der Waals surface area contributed by atoms with Crippen LogP contribution in [0.1, 0.15) is 48.0 Å². The summed E-state index contributed by atoms with van der Waals surface area (Å²) in [7, 11) is 0. The van der Waals surface area contributed by atoms with Gasteiger partial charge in [-0.05, 0) is 24.2 Å². The predicted octanol–water partition coefficient (Wildman–Crippen LogP) is 3.28. The fraction of sp³-hybridized carbons (Fsp3) is 0.909. The van der Waals surface area contributed by atoms with Crippen LogP contribution in [0.15, 0.2) is 0 Å². The Morgan fingerprint density at radius 3 is 1.75 bits per heavy atom. The molecule has 0 heterocycles. The molecule has 0 aliphatic heterocycles. The highest BCUT2D eigenvalue weighted by atomic mass is 16.1. The molecule has 12 heavy (non-hydrogen) atoms. The molecule has 1 heteroatoms. The lowest BCUT2D eigenvalue weighted by atomic mass is 9.72. The molecule has 0 spiro atoms. The summed E-state index contributed by atoms with van der Waals surface area (Å²) >= 11 is 0. The number of hydrogen-bond donors (Lipinski definition) is 0. The molecule has 0 fully saturated rings. The van der Waals surface area contributed by atoms with Crippen LogP contribution < -0.4 is 0 Å². The zero-order chi connectivity index (χ0) is 9.94. The van der Waals surface area contributed by atoms with E-state index in [0.29, 0.717) is 17.6 Å². The zero-order valence-corrected chi connectivity index (χ0v) is 9.27. The van der Waals surface area contributed by atoms with Crippen LogP contribution in [0.2, 0.25) is 0 Å². The molecule has 1 unspecified atom stereocenters. The van der Waals surface area contributed by atoms with Gasteiger partial charge >= 0.3 is 0 Å². The van der Waals surface area contributed by atoms with Crippen LogP contribution in [0.25, 0.3) is 0 Å².